The van der Waals surface area contributed by atoms with Crippen molar-refractivity contribution in [3.8, 4) is 0 Å². The molecule has 1 aromatic rings. The van der Waals surface area contributed by atoms with Crippen LogP contribution in [-0.4, -0.2) is 0 Å². The number of rotatable bonds is 0. The van der Waals surface area contributed by atoms with Gasteiger partial charge in [-0.25, -0.2) is 4.39 Å². The molecule has 0 spiro atoms. The second-order valence-electron chi connectivity index (χ2n) is 1.88. The first-order chi connectivity index (χ1) is 4.22. The van der Waals surface area contributed by atoms with E-state index in [0.717, 1.165) is 0 Å². The number of hydrogen-bond donors (Lipinski definition) is 1. The van der Waals surface area contributed by atoms with E-state index in [4.69, 9.17) is 0 Å². The molecule has 0 radical (unpaired) electrons. The van der Waals surface area contributed by atoms with Gasteiger partial charge in [0, 0.05) is 4.90 Å². The van der Waals surface area contributed by atoms with Gasteiger partial charge in [-0.15, -0.1) is 12.6 Å². The predicted octanol–water partition coefficient (Wildman–Crippen LogP) is 2.42. The smallest absolute Gasteiger partial charge is 0.127 e. The molecule has 0 fully saturated rings. The fraction of sp³-hybridized carbons (Fsp3) is 0.143. The maximum Gasteiger partial charge on any atom is 0.127 e. The summed E-state index contributed by atoms with van der Waals surface area (Å²) in [5.41, 5.74) is 0.612. The van der Waals surface area contributed by atoms with Crippen LogP contribution in [-0.2, 0) is 0 Å². The van der Waals surface area contributed by atoms with E-state index in [-0.39, 0.29) is 5.82 Å². The molecule has 1 aromatic carbocycles. The van der Waals surface area contributed by atoms with Crippen LogP contribution in [0.15, 0.2) is 23.1 Å². The van der Waals surface area contributed by atoms with Gasteiger partial charge >= 0.3 is 0 Å². The van der Waals surface area contributed by atoms with Gasteiger partial charge < -0.3 is 0 Å². The van der Waals surface area contributed by atoms with Crippen molar-refractivity contribution >= 4 is 12.6 Å². The molecule has 0 aliphatic heterocycles. The molecule has 2 heteroatoms. The second-order valence-corrected chi connectivity index (χ2v) is 2.37. The van der Waals surface area contributed by atoms with Crippen LogP contribution >= 0.6 is 12.6 Å². The Balaban J connectivity index is 3.25. The van der Waals surface area contributed by atoms with Gasteiger partial charge in [0.15, 0.2) is 0 Å². The highest BCUT2D eigenvalue weighted by Crippen LogP contribution is 2.14. The zero-order chi connectivity index (χ0) is 6.85. The zero-order valence-corrected chi connectivity index (χ0v) is 5.95. The summed E-state index contributed by atoms with van der Waals surface area (Å²) in [6.07, 6.45) is 0. The van der Waals surface area contributed by atoms with E-state index in [1.165, 1.54) is 6.07 Å². The predicted molar refractivity (Wildman–Crippen MR) is 38.4 cm³/mol. The van der Waals surface area contributed by atoms with Crippen LogP contribution in [0.1, 0.15) is 5.56 Å². The molecule has 0 saturated heterocycles. The summed E-state index contributed by atoms with van der Waals surface area (Å²) in [5.74, 6) is -0.192. The largest absolute Gasteiger partial charge is 0.207 e. The molecular weight excluding hydrogens is 135 g/mol. The molecule has 0 bridgehead atoms. The van der Waals surface area contributed by atoms with Gasteiger partial charge in [0.2, 0.25) is 0 Å². The third-order valence-corrected chi connectivity index (χ3v) is 1.72. The highest BCUT2D eigenvalue weighted by atomic mass is 32.1. The lowest BCUT2D eigenvalue weighted by Crippen LogP contribution is -1.81. The Kier molecular flexibility index (Phi) is 1.76. The van der Waals surface area contributed by atoms with Gasteiger partial charge in [0.25, 0.3) is 0 Å². The second kappa shape index (κ2) is 2.40. The van der Waals surface area contributed by atoms with Crippen molar-refractivity contribution in [3.05, 3.63) is 29.6 Å². The summed E-state index contributed by atoms with van der Waals surface area (Å²) in [7, 11) is 0. The number of hydrogen-bond acceptors (Lipinski definition) is 1. The van der Waals surface area contributed by atoms with Crippen molar-refractivity contribution in [2.75, 3.05) is 0 Å². The molecule has 0 N–H and O–H groups in total. The quantitative estimate of drug-likeness (QED) is 0.528. The molecule has 0 unspecified atom stereocenters. The summed E-state index contributed by atoms with van der Waals surface area (Å²) < 4.78 is 12.5. The number of benzene rings is 1. The van der Waals surface area contributed by atoms with Gasteiger partial charge in [-0.3, -0.25) is 0 Å². The molecule has 0 amide bonds. The normalized spacial score (nSPS) is 9.67. The summed E-state index contributed by atoms with van der Waals surface area (Å²) in [4.78, 5) is 0.704. The molecule has 0 heterocycles. The lowest BCUT2D eigenvalue weighted by molar-refractivity contribution is 0.614. The van der Waals surface area contributed by atoms with Crippen molar-refractivity contribution in [1.29, 1.82) is 0 Å². The average Bonchev–Trinajstić information content (AvgIpc) is 1.83. The minimum absolute atomic E-state index is 0.192. The van der Waals surface area contributed by atoms with Crippen molar-refractivity contribution < 1.29 is 4.39 Å². The third kappa shape index (κ3) is 1.24. The molecule has 0 saturated carbocycles. The Morgan fingerprint density at radius 3 is 2.56 bits per heavy atom. The van der Waals surface area contributed by atoms with E-state index in [1.807, 2.05) is 0 Å². The summed E-state index contributed by atoms with van der Waals surface area (Å²) in [6, 6.07) is 4.83. The van der Waals surface area contributed by atoms with Crippen molar-refractivity contribution in [1.82, 2.24) is 0 Å². The minimum atomic E-state index is -0.192. The van der Waals surface area contributed by atoms with Gasteiger partial charge in [-0.1, -0.05) is 6.07 Å². The van der Waals surface area contributed by atoms with E-state index in [2.05, 4.69) is 12.6 Å². The molecule has 0 nitrogen and oxygen atoms in total. The lowest BCUT2D eigenvalue weighted by Gasteiger charge is -1.96. The molecule has 1 rings (SSSR count). The Morgan fingerprint density at radius 1 is 1.44 bits per heavy atom. The van der Waals surface area contributed by atoms with Gasteiger partial charge in [0.1, 0.15) is 5.82 Å². The van der Waals surface area contributed by atoms with Gasteiger partial charge in [0.05, 0.1) is 0 Å². The first-order valence-corrected chi connectivity index (χ1v) is 3.10. The molecular formula is C7H7FS. The van der Waals surface area contributed by atoms with E-state index in [9.17, 15) is 4.39 Å². The van der Waals surface area contributed by atoms with Crippen LogP contribution in [0.3, 0.4) is 0 Å². The molecule has 48 valence electrons. The Bertz CT molecular complexity index is 200. The Hall–Kier alpha value is -0.500. The minimum Gasteiger partial charge on any atom is -0.207 e. The van der Waals surface area contributed by atoms with Crippen LogP contribution < -0.4 is 0 Å². The molecule has 0 atom stereocenters. The summed E-state index contributed by atoms with van der Waals surface area (Å²) >= 11 is 4.03. The standard InChI is InChI=1S/C7H7FS/c1-5-6(8)3-2-4-7(5)9/h2-4,9H,1H3. The SMILES string of the molecule is Cc1c(F)cccc1S. The van der Waals surface area contributed by atoms with E-state index >= 15 is 0 Å². The zero-order valence-electron chi connectivity index (χ0n) is 5.06. The Morgan fingerprint density at radius 2 is 2.11 bits per heavy atom. The van der Waals surface area contributed by atoms with Crippen LogP contribution in [0, 0.1) is 12.7 Å². The maximum atomic E-state index is 12.5. The van der Waals surface area contributed by atoms with Crippen LogP contribution in [0.5, 0.6) is 0 Å². The first kappa shape index (κ1) is 6.62. The van der Waals surface area contributed by atoms with Crippen LogP contribution in [0.2, 0.25) is 0 Å². The number of halogens is 1. The van der Waals surface area contributed by atoms with Crippen molar-refractivity contribution in [2.24, 2.45) is 0 Å². The molecule has 0 aromatic heterocycles. The van der Waals surface area contributed by atoms with Crippen molar-refractivity contribution in [2.45, 2.75) is 11.8 Å². The Labute approximate surface area is 59.1 Å². The summed E-state index contributed by atoms with van der Waals surface area (Å²) in [6.45, 7) is 1.71. The first-order valence-electron chi connectivity index (χ1n) is 2.66. The maximum absolute atomic E-state index is 12.5. The monoisotopic (exact) mass is 142 g/mol. The third-order valence-electron chi connectivity index (χ3n) is 1.24. The van der Waals surface area contributed by atoms with E-state index in [1.54, 1.807) is 19.1 Å². The van der Waals surface area contributed by atoms with Gasteiger partial charge in [-0.2, -0.15) is 0 Å². The lowest BCUT2D eigenvalue weighted by atomic mass is 10.2. The molecule has 0 aliphatic carbocycles. The fourth-order valence-electron chi connectivity index (χ4n) is 0.596. The number of thiol groups is 1. The highest BCUT2D eigenvalue weighted by Gasteiger charge is 1.96. The fourth-order valence-corrected chi connectivity index (χ4v) is 0.789. The summed E-state index contributed by atoms with van der Waals surface area (Å²) in [5, 5.41) is 0. The highest BCUT2D eigenvalue weighted by molar-refractivity contribution is 7.80. The van der Waals surface area contributed by atoms with Crippen molar-refractivity contribution in [3.63, 3.8) is 0 Å². The van der Waals surface area contributed by atoms with E-state index < -0.39 is 0 Å². The molecule has 0 aliphatic rings. The van der Waals surface area contributed by atoms with Crippen LogP contribution in [0.4, 0.5) is 4.39 Å². The van der Waals surface area contributed by atoms with E-state index in [0.29, 0.717) is 10.5 Å². The average molecular weight is 142 g/mol. The van der Waals surface area contributed by atoms with Gasteiger partial charge in [-0.05, 0) is 24.6 Å². The van der Waals surface area contributed by atoms with Crippen LogP contribution in [0.25, 0.3) is 0 Å². The molecule has 9 heavy (non-hydrogen) atoms. The topological polar surface area (TPSA) is 0 Å².